The predicted octanol–water partition coefficient (Wildman–Crippen LogP) is 5.35. The van der Waals surface area contributed by atoms with Crippen LogP contribution in [-0.4, -0.2) is 51.2 Å². The normalized spacial score (nSPS) is 16.2. The van der Waals surface area contributed by atoms with Crippen molar-refractivity contribution >= 4 is 22.9 Å². The van der Waals surface area contributed by atoms with E-state index in [-0.39, 0.29) is 6.54 Å². The summed E-state index contributed by atoms with van der Waals surface area (Å²) in [6.45, 7) is 6.65. The fourth-order valence-corrected chi connectivity index (χ4v) is 4.15. The molecule has 0 radical (unpaired) electrons. The average molecular weight is 439 g/mol. The first-order valence-electron chi connectivity index (χ1n) is 11.3. The Morgan fingerprint density at radius 3 is 2.81 bits per heavy atom. The van der Waals surface area contributed by atoms with E-state index in [9.17, 15) is 4.39 Å². The highest BCUT2D eigenvalue weighted by Crippen LogP contribution is 2.37. The molecule has 4 heterocycles. The van der Waals surface area contributed by atoms with Crippen molar-refractivity contribution in [1.29, 1.82) is 0 Å². The Kier molecular flexibility index (Phi) is 6.50. The molecule has 1 N–H and O–H groups in total. The fourth-order valence-electron chi connectivity index (χ4n) is 4.15. The molecule has 1 aliphatic rings. The van der Waals surface area contributed by atoms with Gasteiger partial charge in [-0.3, -0.25) is 9.98 Å². The van der Waals surface area contributed by atoms with Gasteiger partial charge in [0.15, 0.2) is 0 Å². The van der Waals surface area contributed by atoms with Crippen molar-refractivity contribution in [2.24, 2.45) is 4.99 Å². The summed E-state index contributed by atoms with van der Waals surface area (Å²) in [7, 11) is 1.73. The molecule has 0 aliphatic carbocycles. The van der Waals surface area contributed by atoms with Crippen molar-refractivity contribution < 1.29 is 9.13 Å². The Morgan fingerprint density at radius 1 is 1.25 bits per heavy atom. The predicted molar refractivity (Wildman–Crippen MR) is 126 cm³/mol. The second-order valence-electron chi connectivity index (χ2n) is 8.48. The van der Waals surface area contributed by atoms with Crippen molar-refractivity contribution in [2.45, 2.75) is 58.0 Å². The lowest BCUT2D eigenvalue weighted by atomic mass is 9.91. The maximum atomic E-state index is 14.6. The molecule has 1 aliphatic heterocycles. The summed E-state index contributed by atoms with van der Waals surface area (Å²) in [5, 5.41) is 7.55. The summed E-state index contributed by atoms with van der Waals surface area (Å²) in [5.41, 5.74) is 4.50. The fraction of sp³-hybridized carbons (Fsp3) is 0.500. The van der Waals surface area contributed by atoms with Crippen molar-refractivity contribution in [3.8, 4) is 11.3 Å². The summed E-state index contributed by atoms with van der Waals surface area (Å²) < 4.78 is 21.7. The quantitative estimate of drug-likeness (QED) is 0.487. The molecule has 0 saturated heterocycles. The summed E-state index contributed by atoms with van der Waals surface area (Å²) in [6, 6.07) is 6.02. The summed E-state index contributed by atoms with van der Waals surface area (Å²) in [5.74, 6) is 0.702. The monoisotopic (exact) mass is 438 g/mol. The SMILES string of the molecule is CCC(F)(CC)CNc1ncc2c(-c3ccc4c(n3)C(CCOC)CC(C)=N4)ccn2n1. The van der Waals surface area contributed by atoms with Crippen molar-refractivity contribution in [1.82, 2.24) is 19.6 Å². The number of hydrogen-bond acceptors (Lipinski definition) is 6. The van der Waals surface area contributed by atoms with Gasteiger partial charge < -0.3 is 10.1 Å². The van der Waals surface area contributed by atoms with E-state index >= 15 is 0 Å². The van der Waals surface area contributed by atoms with Crippen LogP contribution in [0.5, 0.6) is 0 Å². The van der Waals surface area contributed by atoms with Crippen LogP contribution in [0, 0.1) is 0 Å². The van der Waals surface area contributed by atoms with Gasteiger partial charge in [-0.2, -0.15) is 0 Å². The summed E-state index contributed by atoms with van der Waals surface area (Å²) in [6.07, 6.45) is 6.34. The Morgan fingerprint density at radius 2 is 2.06 bits per heavy atom. The molecule has 0 spiro atoms. The van der Waals surface area contributed by atoms with E-state index in [2.05, 4.69) is 22.3 Å². The Bertz CT molecular complexity index is 1120. The molecule has 3 aromatic rings. The standard InChI is InChI=1S/C24H31FN6O/c1-5-24(25,6-2)15-27-23-26-14-21-18(9-11-31(21)30-23)19-7-8-20-22(29-19)17(10-12-32-4)13-16(3)28-20/h7-9,11,14,17H,5-6,10,12-13,15H2,1-4H3,(H,27,30). The molecule has 1 unspecified atom stereocenters. The van der Waals surface area contributed by atoms with Crippen LogP contribution in [0.25, 0.3) is 16.8 Å². The van der Waals surface area contributed by atoms with Crippen LogP contribution in [0.1, 0.15) is 58.1 Å². The van der Waals surface area contributed by atoms with Gasteiger partial charge in [-0.15, -0.1) is 5.10 Å². The Labute approximate surface area is 188 Å². The number of fused-ring (bicyclic) bond motifs is 2. The van der Waals surface area contributed by atoms with Gasteiger partial charge in [-0.1, -0.05) is 13.8 Å². The third-order valence-corrected chi connectivity index (χ3v) is 6.34. The molecule has 3 aromatic heterocycles. The van der Waals surface area contributed by atoms with Gasteiger partial charge in [0.2, 0.25) is 5.95 Å². The van der Waals surface area contributed by atoms with Gasteiger partial charge in [-0.05, 0) is 50.8 Å². The van der Waals surface area contributed by atoms with Crippen LogP contribution in [0.3, 0.4) is 0 Å². The maximum Gasteiger partial charge on any atom is 0.241 e. The lowest BCUT2D eigenvalue weighted by Crippen LogP contribution is -2.31. The number of halogens is 1. The molecule has 8 heteroatoms. The number of aromatic nitrogens is 4. The zero-order valence-electron chi connectivity index (χ0n) is 19.2. The molecule has 4 rings (SSSR count). The minimum atomic E-state index is -1.26. The van der Waals surface area contributed by atoms with E-state index in [1.54, 1.807) is 17.8 Å². The van der Waals surface area contributed by atoms with Crippen LogP contribution in [0.15, 0.2) is 35.6 Å². The smallest absolute Gasteiger partial charge is 0.241 e. The maximum absolute atomic E-state index is 14.6. The highest BCUT2D eigenvalue weighted by molar-refractivity contribution is 5.88. The van der Waals surface area contributed by atoms with Gasteiger partial charge in [0.05, 0.1) is 35.3 Å². The number of ether oxygens (including phenoxy) is 1. The second-order valence-corrected chi connectivity index (χ2v) is 8.48. The molecule has 7 nitrogen and oxygen atoms in total. The molecule has 32 heavy (non-hydrogen) atoms. The number of methoxy groups -OCH3 is 1. The molecule has 0 aromatic carbocycles. The number of nitrogens with zero attached hydrogens (tertiary/aromatic N) is 5. The van der Waals surface area contributed by atoms with Crippen LogP contribution in [0.4, 0.5) is 16.0 Å². The van der Waals surface area contributed by atoms with Crippen LogP contribution in [-0.2, 0) is 4.74 Å². The van der Waals surface area contributed by atoms with Crippen molar-refractivity contribution in [3.63, 3.8) is 0 Å². The number of anilines is 1. The number of nitrogens with one attached hydrogen (secondary N) is 1. The van der Waals surface area contributed by atoms with Crippen molar-refractivity contribution in [2.75, 3.05) is 25.6 Å². The van der Waals surface area contributed by atoms with Gasteiger partial charge in [0.25, 0.3) is 0 Å². The minimum absolute atomic E-state index is 0.189. The summed E-state index contributed by atoms with van der Waals surface area (Å²) in [4.78, 5) is 14.1. The first-order valence-corrected chi connectivity index (χ1v) is 11.3. The second kappa shape index (κ2) is 9.32. The van der Waals surface area contributed by atoms with Crippen LogP contribution < -0.4 is 5.32 Å². The Hall–Kier alpha value is -2.87. The van der Waals surface area contributed by atoms with E-state index in [1.165, 1.54) is 0 Å². The van der Waals surface area contributed by atoms with Crippen LogP contribution >= 0.6 is 0 Å². The minimum Gasteiger partial charge on any atom is -0.385 e. The molecule has 1 atom stereocenters. The molecule has 0 amide bonds. The number of aliphatic imine (C=N–C) groups is 1. The third-order valence-electron chi connectivity index (χ3n) is 6.34. The molecular formula is C24H31FN6O. The lowest BCUT2D eigenvalue weighted by Gasteiger charge is -2.23. The number of rotatable bonds is 9. The molecular weight excluding hydrogens is 407 g/mol. The zero-order valence-corrected chi connectivity index (χ0v) is 19.2. The topological polar surface area (TPSA) is 76.7 Å². The Balaban J connectivity index is 1.62. The van der Waals surface area contributed by atoms with E-state index < -0.39 is 5.67 Å². The molecule has 170 valence electrons. The highest BCUT2D eigenvalue weighted by Gasteiger charge is 2.26. The largest absolute Gasteiger partial charge is 0.385 e. The van der Waals surface area contributed by atoms with E-state index in [0.29, 0.717) is 31.3 Å². The first kappa shape index (κ1) is 22.3. The number of pyridine rings is 1. The highest BCUT2D eigenvalue weighted by atomic mass is 19.1. The number of hydrogen-bond donors (Lipinski definition) is 1. The van der Waals surface area contributed by atoms with E-state index in [0.717, 1.165) is 46.7 Å². The number of alkyl halides is 1. The average Bonchev–Trinajstić information content (AvgIpc) is 3.24. The molecule has 0 fully saturated rings. The van der Waals surface area contributed by atoms with Gasteiger partial charge in [0, 0.05) is 37.1 Å². The first-order chi connectivity index (χ1) is 15.5. The van der Waals surface area contributed by atoms with Crippen molar-refractivity contribution in [3.05, 3.63) is 36.3 Å². The molecule has 0 saturated carbocycles. The summed E-state index contributed by atoms with van der Waals surface area (Å²) >= 11 is 0. The van der Waals surface area contributed by atoms with E-state index in [1.807, 2.05) is 38.2 Å². The zero-order chi connectivity index (χ0) is 22.7. The molecule has 0 bridgehead atoms. The third kappa shape index (κ3) is 4.50. The van der Waals surface area contributed by atoms with Gasteiger partial charge in [0.1, 0.15) is 5.67 Å². The van der Waals surface area contributed by atoms with E-state index in [4.69, 9.17) is 14.7 Å². The van der Waals surface area contributed by atoms with Gasteiger partial charge in [-0.25, -0.2) is 13.9 Å². The van der Waals surface area contributed by atoms with Gasteiger partial charge >= 0.3 is 0 Å². The van der Waals surface area contributed by atoms with Crippen LogP contribution in [0.2, 0.25) is 0 Å². The lowest BCUT2D eigenvalue weighted by molar-refractivity contribution is 0.167.